The second-order valence-corrected chi connectivity index (χ2v) is 8.14. The van der Waals surface area contributed by atoms with Crippen LogP contribution < -0.4 is 10.1 Å². The highest BCUT2D eigenvalue weighted by Gasteiger charge is 2.17. The quantitative estimate of drug-likeness (QED) is 0.354. The number of nitrogens with zero attached hydrogens (tertiary/aromatic N) is 4. The van der Waals surface area contributed by atoms with E-state index in [0.717, 1.165) is 29.1 Å². The zero-order valence-electron chi connectivity index (χ0n) is 18.6. The molecule has 7 nitrogen and oxygen atoms in total. The Labute approximate surface area is 197 Å². The zero-order valence-corrected chi connectivity index (χ0v) is 19.4. The van der Waals surface area contributed by atoms with Gasteiger partial charge in [-0.05, 0) is 67.4 Å². The Morgan fingerprint density at radius 1 is 1.03 bits per heavy atom. The number of benzene rings is 2. The molecule has 2 heterocycles. The molecule has 0 radical (unpaired) electrons. The number of amides is 1. The van der Waals surface area contributed by atoms with Crippen LogP contribution in [0.2, 0.25) is 0 Å². The van der Waals surface area contributed by atoms with Gasteiger partial charge in [0.15, 0.2) is 11.0 Å². The summed E-state index contributed by atoms with van der Waals surface area (Å²) < 4.78 is 7.51. The van der Waals surface area contributed by atoms with Gasteiger partial charge in [0.25, 0.3) is 0 Å². The predicted octanol–water partition coefficient (Wildman–Crippen LogP) is 5.02. The maximum absolute atomic E-state index is 12.6. The summed E-state index contributed by atoms with van der Waals surface area (Å²) in [5, 5.41) is 12.4. The number of rotatable bonds is 9. The molecule has 0 bridgehead atoms. The third-order valence-corrected chi connectivity index (χ3v) is 5.86. The van der Waals surface area contributed by atoms with Crippen LogP contribution in [-0.2, 0) is 11.2 Å². The summed E-state index contributed by atoms with van der Waals surface area (Å²) in [7, 11) is 0. The van der Waals surface area contributed by atoms with Gasteiger partial charge in [0, 0.05) is 29.3 Å². The Balaban J connectivity index is 1.57. The second kappa shape index (κ2) is 10.8. The first-order chi connectivity index (χ1) is 16.2. The third-order valence-electron chi connectivity index (χ3n) is 4.93. The molecule has 4 rings (SSSR count). The van der Waals surface area contributed by atoms with E-state index in [2.05, 4.69) is 27.4 Å². The first-order valence-electron chi connectivity index (χ1n) is 10.8. The molecule has 1 N–H and O–H groups in total. The van der Waals surface area contributed by atoms with E-state index in [0.29, 0.717) is 17.6 Å². The van der Waals surface area contributed by atoms with E-state index in [1.165, 1.54) is 17.3 Å². The Kier molecular flexibility index (Phi) is 7.36. The molecule has 0 unspecified atom stereocenters. The fourth-order valence-electron chi connectivity index (χ4n) is 3.34. The van der Waals surface area contributed by atoms with Crippen LogP contribution >= 0.6 is 11.8 Å². The van der Waals surface area contributed by atoms with E-state index in [4.69, 9.17) is 4.74 Å². The lowest BCUT2D eigenvalue weighted by Crippen LogP contribution is -2.14. The summed E-state index contributed by atoms with van der Waals surface area (Å²) in [4.78, 5) is 16.7. The fraction of sp³-hybridized carbons (Fsp3) is 0.200. The molecule has 2 aromatic heterocycles. The van der Waals surface area contributed by atoms with Crippen molar-refractivity contribution in [2.24, 2.45) is 0 Å². The summed E-state index contributed by atoms with van der Waals surface area (Å²) in [6, 6.07) is 19.4. The minimum absolute atomic E-state index is 0.0973. The van der Waals surface area contributed by atoms with Gasteiger partial charge in [0.1, 0.15) is 5.75 Å². The minimum Gasteiger partial charge on any atom is -0.494 e. The lowest BCUT2D eigenvalue weighted by molar-refractivity contribution is -0.113. The highest BCUT2D eigenvalue weighted by molar-refractivity contribution is 7.99. The molecule has 0 fully saturated rings. The number of anilines is 1. The summed E-state index contributed by atoms with van der Waals surface area (Å²) >= 11 is 1.34. The predicted molar refractivity (Wildman–Crippen MR) is 131 cm³/mol. The van der Waals surface area contributed by atoms with Gasteiger partial charge in [0.05, 0.1) is 12.4 Å². The largest absolute Gasteiger partial charge is 0.494 e. The molecular formula is C25H25N5O2S. The lowest BCUT2D eigenvalue weighted by Gasteiger charge is -2.11. The first kappa shape index (κ1) is 22.5. The van der Waals surface area contributed by atoms with Crippen molar-refractivity contribution in [3.63, 3.8) is 0 Å². The van der Waals surface area contributed by atoms with Crippen molar-refractivity contribution < 1.29 is 9.53 Å². The van der Waals surface area contributed by atoms with Crippen LogP contribution in [0.5, 0.6) is 5.75 Å². The van der Waals surface area contributed by atoms with Crippen molar-refractivity contribution >= 4 is 23.4 Å². The fourth-order valence-corrected chi connectivity index (χ4v) is 4.09. The van der Waals surface area contributed by atoms with Gasteiger partial charge >= 0.3 is 0 Å². The maximum atomic E-state index is 12.6. The highest BCUT2D eigenvalue weighted by Crippen LogP contribution is 2.29. The van der Waals surface area contributed by atoms with Crippen molar-refractivity contribution in [3.8, 4) is 22.8 Å². The number of ether oxygens (including phenoxy) is 1. The summed E-state index contributed by atoms with van der Waals surface area (Å²) in [6.45, 7) is 4.64. The maximum Gasteiger partial charge on any atom is 0.234 e. The van der Waals surface area contributed by atoms with Crippen molar-refractivity contribution in [3.05, 3.63) is 78.6 Å². The first-order valence-corrected chi connectivity index (χ1v) is 11.8. The van der Waals surface area contributed by atoms with Crippen LogP contribution in [0.1, 0.15) is 19.4 Å². The Bertz CT molecular complexity index is 1210. The molecule has 33 heavy (non-hydrogen) atoms. The van der Waals surface area contributed by atoms with Crippen molar-refractivity contribution in [1.29, 1.82) is 0 Å². The number of carbonyl (C=O) groups excluding carboxylic acids is 1. The molecule has 0 aliphatic heterocycles. The number of pyridine rings is 1. The summed E-state index contributed by atoms with van der Waals surface area (Å²) in [6.07, 6.45) is 4.36. The molecule has 2 aromatic carbocycles. The number of hydrogen-bond acceptors (Lipinski definition) is 6. The van der Waals surface area contributed by atoms with Gasteiger partial charge in [-0.2, -0.15) is 0 Å². The van der Waals surface area contributed by atoms with Crippen molar-refractivity contribution in [1.82, 2.24) is 19.7 Å². The Morgan fingerprint density at radius 3 is 2.55 bits per heavy atom. The van der Waals surface area contributed by atoms with E-state index < -0.39 is 0 Å². The third kappa shape index (κ3) is 5.59. The lowest BCUT2D eigenvalue weighted by atomic mass is 10.1. The Hall–Kier alpha value is -3.65. The molecule has 0 atom stereocenters. The minimum atomic E-state index is -0.0973. The average Bonchev–Trinajstić information content (AvgIpc) is 3.28. The normalized spacial score (nSPS) is 10.7. The monoisotopic (exact) mass is 459 g/mol. The average molecular weight is 460 g/mol. The van der Waals surface area contributed by atoms with Gasteiger partial charge < -0.3 is 10.1 Å². The van der Waals surface area contributed by atoms with Crippen LogP contribution in [0.15, 0.2) is 78.2 Å². The number of thioether (sulfide) groups is 1. The van der Waals surface area contributed by atoms with Crippen molar-refractivity contribution in [2.75, 3.05) is 17.7 Å². The van der Waals surface area contributed by atoms with E-state index in [1.807, 2.05) is 72.2 Å². The molecule has 0 aliphatic rings. The molecule has 0 saturated carbocycles. The van der Waals surface area contributed by atoms with E-state index in [1.54, 1.807) is 12.4 Å². The van der Waals surface area contributed by atoms with E-state index >= 15 is 0 Å². The highest BCUT2D eigenvalue weighted by atomic mass is 32.2. The number of carbonyl (C=O) groups is 1. The van der Waals surface area contributed by atoms with Crippen LogP contribution in [0, 0.1) is 0 Å². The van der Waals surface area contributed by atoms with Gasteiger partial charge in [-0.25, -0.2) is 0 Å². The van der Waals surface area contributed by atoms with Crippen LogP contribution in [-0.4, -0.2) is 38.0 Å². The van der Waals surface area contributed by atoms with Crippen LogP contribution in [0.25, 0.3) is 17.1 Å². The molecule has 0 aliphatic carbocycles. The van der Waals surface area contributed by atoms with Gasteiger partial charge in [0.2, 0.25) is 5.91 Å². The standard InChI is InChI=1S/C25H25N5O2S/c1-3-18-6-5-7-20(16-18)27-23(31)17-33-25-29-28-24(19-12-14-26-15-13-19)30(25)21-8-10-22(11-9-21)32-4-2/h5-16H,3-4,17H2,1-2H3,(H,27,31). The molecule has 4 aromatic rings. The summed E-state index contributed by atoms with van der Waals surface area (Å²) in [5.74, 6) is 1.59. The molecule has 1 amide bonds. The SMILES string of the molecule is CCOc1ccc(-n2c(SCC(=O)Nc3cccc(CC)c3)nnc2-c2ccncc2)cc1. The van der Waals surface area contributed by atoms with Crippen LogP contribution in [0.4, 0.5) is 5.69 Å². The molecule has 8 heteroatoms. The van der Waals surface area contributed by atoms with Gasteiger partial charge in [-0.3, -0.25) is 14.3 Å². The summed E-state index contributed by atoms with van der Waals surface area (Å²) in [5.41, 5.74) is 3.75. The van der Waals surface area contributed by atoms with Crippen molar-refractivity contribution in [2.45, 2.75) is 25.4 Å². The number of aromatic nitrogens is 4. The second-order valence-electron chi connectivity index (χ2n) is 7.20. The number of hydrogen-bond donors (Lipinski definition) is 1. The topological polar surface area (TPSA) is 81.9 Å². The molecule has 0 saturated heterocycles. The molecule has 168 valence electrons. The zero-order chi connectivity index (χ0) is 23.0. The Morgan fingerprint density at radius 2 is 1.82 bits per heavy atom. The van der Waals surface area contributed by atoms with Gasteiger partial charge in [-0.1, -0.05) is 30.8 Å². The smallest absolute Gasteiger partial charge is 0.234 e. The number of nitrogens with one attached hydrogen (secondary N) is 1. The van der Waals surface area contributed by atoms with Crippen LogP contribution in [0.3, 0.4) is 0 Å². The van der Waals surface area contributed by atoms with Gasteiger partial charge in [-0.15, -0.1) is 10.2 Å². The number of aryl methyl sites for hydroxylation is 1. The molecule has 0 spiro atoms. The van der Waals surface area contributed by atoms with E-state index in [9.17, 15) is 4.79 Å². The van der Waals surface area contributed by atoms with E-state index in [-0.39, 0.29) is 11.7 Å². The molecular weight excluding hydrogens is 434 g/mol.